The molecule has 0 radical (unpaired) electrons. The number of benzene rings is 2. The van der Waals surface area contributed by atoms with Crippen molar-refractivity contribution in [2.75, 3.05) is 24.6 Å². The Morgan fingerprint density at radius 2 is 1.82 bits per heavy atom. The number of methoxy groups -OCH3 is 1. The molecule has 0 spiro atoms. The molecule has 28 heavy (non-hydrogen) atoms. The first-order chi connectivity index (χ1) is 13.1. The molecule has 0 aliphatic heterocycles. The molecule has 0 heterocycles. The molecule has 0 aromatic heterocycles. The summed E-state index contributed by atoms with van der Waals surface area (Å²) in [5.41, 5.74) is 1.04. The lowest BCUT2D eigenvalue weighted by atomic mass is 10.2. The summed E-state index contributed by atoms with van der Waals surface area (Å²) in [6.07, 6.45) is 0. The predicted octanol–water partition coefficient (Wildman–Crippen LogP) is 3.65. The number of sulfonamides is 1. The fourth-order valence-electron chi connectivity index (χ4n) is 2.56. The highest BCUT2D eigenvalue weighted by Gasteiger charge is 2.29. The largest absolute Gasteiger partial charge is 0.383 e. The van der Waals surface area contributed by atoms with Crippen LogP contribution in [-0.2, 0) is 19.6 Å². The lowest BCUT2D eigenvalue weighted by Gasteiger charge is -2.26. The Hall–Kier alpha value is -1.80. The monoisotopic (exact) mass is 444 g/mol. The Bertz CT molecular complexity index is 933. The summed E-state index contributed by atoms with van der Waals surface area (Å²) in [5, 5.41) is 3.17. The zero-order valence-corrected chi connectivity index (χ0v) is 18.1. The third kappa shape index (κ3) is 5.61. The van der Waals surface area contributed by atoms with Gasteiger partial charge < -0.3 is 10.1 Å². The van der Waals surface area contributed by atoms with Crippen LogP contribution in [0.4, 0.5) is 5.69 Å². The number of hydrogen-bond acceptors (Lipinski definition) is 4. The van der Waals surface area contributed by atoms with Crippen molar-refractivity contribution in [1.82, 2.24) is 5.32 Å². The maximum atomic E-state index is 13.3. The Kier molecular flexibility index (Phi) is 7.71. The van der Waals surface area contributed by atoms with Gasteiger partial charge in [-0.1, -0.05) is 40.9 Å². The number of amides is 1. The van der Waals surface area contributed by atoms with Gasteiger partial charge in [0.1, 0.15) is 6.54 Å². The number of nitrogens with zero attached hydrogens (tertiary/aromatic N) is 1. The molecule has 0 unspecified atom stereocenters. The zero-order chi connectivity index (χ0) is 20.9. The number of aryl methyl sites for hydroxylation is 1. The maximum absolute atomic E-state index is 13.3. The van der Waals surface area contributed by atoms with E-state index in [1.807, 2.05) is 6.92 Å². The van der Waals surface area contributed by atoms with Gasteiger partial charge in [0.15, 0.2) is 0 Å². The van der Waals surface area contributed by atoms with Gasteiger partial charge >= 0.3 is 0 Å². The average Bonchev–Trinajstić information content (AvgIpc) is 2.62. The third-order valence-electron chi connectivity index (χ3n) is 3.90. The van der Waals surface area contributed by atoms with Crippen molar-refractivity contribution in [3.05, 3.63) is 58.1 Å². The van der Waals surface area contributed by atoms with E-state index < -0.39 is 22.5 Å². The Morgan fingerprint density at radius 1 is 1.18 bits per heavy atom. The lowest BCUT2D eigenvalue weighted by molar-refractivity contribution is -0.120. The molecule has 0 aliphatic rings. The lowest BCUT2D eigenvalue weighted by Crippen LogP contribution is -2.44. The van der Waals surface area contributed by atoms with Gasteiger partial charge in [-0.05, 0) is 44.2 Å². The van der Waals surface area contributed by atoms with Crippen LogP contribution in [0.1, 0.15) is 12.5 Å². The summed E-state index contributed by atoms with van der Waals surface area (Å²) in [6.45, 7) is 3.46. The van der Waals surface area contributed by atoms with Gasteiger partial charge in [-0.15, -0.1) is 0 Å². The van der Waals surface area contributed by atoms with Crippen molar-refractivity contribution >= 4 is 44.8 Å². The second kappa shape index (κ2) is 9.60. The minimum Gasteiger partial charge on any atom is -0.383 e. The highest BCUT2D eigenvalue weighted by molar-refractivity contribution is 7.92. The standard InChI is InChI=1S/C19H22Cl2N2O4S/c1-13-4-7-16(8-5-13)28(25,26)23(11-19(24)22-14(2)12-27-3)18-10-15(20)6-9-17(18)21/h4-10,14H,11-12H2,1-3H3,(H,22,24)/t14-/m1/s1. The van der Waals surface area contributed by atoms with E-state index >= 15 is 0 Å². The summed E-state index contributed by atoms with van der Waals surface area (Å²) < 4.78 is 32.5. The van der Waals surface area contributed by atoms with E-state index in [4.69, 9.17) is 27.9 Å². The van der Waals surface area contributed by atoms with Crippen LogP contribution >= 0.6 is 23.2 Å². The van der Waals surface area contributed by atoms with Crippen LogP contribution in [0.3, 0.4) is 0 Å². The molecule has 9 heteroatoms. The van der Waals surface area contributed by atoms with E-state index in [1.165, 1.54) is 31.4 Å². The number of anilines is 1. The van der Waals surface area contributed by atoms with Gasteiger partial charge in [0.2, 0.25) is 5.91 Å². The van der Waals surface area contributed by atoms with Crippen LogP contribution in [0, 0.1) is 6.92 Å². The predicted molar refractivity (Wildman–Crippen MR) is 112 cm³/mol. The summed E-state index contributed by atoms with van der Waals surface area (Å²) >= 11 is 12.3. The topological polar surface area (TPSA) is 75.7 Å². The molecular formula is C19H22Cl2N2O4S. The maximum Gasteiger partial charge on any atom is 0.264 e. The molecule has 2 aromatic carbocycles. The van der Waals surface area contributed by atoms with Crippen molar-refractivity contribution in [2.24, 2.45) is 0 Å². The molecule has 1 amide bonds. The molecular weight excluding hydrogens is 423 g/mol. The molecule has 0 fully saturated rings. The van der Waals surface area contributed by atoms with Gasteiger partial charge in [-0.25, -0.2) is 8.42 Å². The summed E-state index contributed by atoms with van der Waals surface area (Å²) in [4.78, 5) is 12.5. The van der Waals surface area contributed by atoms with Gasteiger partial charge in [-0.3, -0.25) is 9.10 Å². The summed E-state index contributed by atoms with van der Waals surface area (Å²) in [6, 6.07) is 10.5. The molecule has 1 atom stereocenters. The Balaban J connectivity index is 2.45. The van der Waals surface area contributed by atoms with E-state index in [-0.39, 0.29) is 21.6 Å². The first-order valence-corrected chi connectivity index (χ1v) is 10.7. The van der Waals surface area contributed by atoms with Crippen molar-refractivity contribution in [3.8, 4) is 0 Å². The number of rotatable bonds is 8. The number of ether oxygens (including phenoxy) is 1. The number of nitrogens with one attached hydrogen (secondary N) is 1. The highest BCUT2D eigenvalue weighted by atomic mass is 35.5. The van der Waals surface area contributed by atoms with E-state index in [0.717, 1.165) is 9.87 Å². The first kappa shape index (κ1) is 22.5. The summed E-state index contributed by atoms with van der Waals surface area (Å²) in [7, 11) is -2.54. The first-order valence-electron chi connectivity index (χ1n) is 8.48. The quantitative estimate of drug-likeness (QED) is 0.673. The highest BCUT2D eigenvalue weighted by Crippen LogP contribution is 2.33. The number of carbonyl (C=O) groups is 1. The fourth-order valence-corrected chi connectivity index (χ4v) is 4.42. The molecule has 152 valence electrons. The van der Waals surface area contributed by atoms with Crippen molar-refractivity contribution in [3.63, 3.8) is 0 Å². The van der Waals surface area contributed by atoms with Crippen LogP contribution in [0.25, 0.3) is 0 Å². The van der Waals surface area contributed by atoms with Gasteiger partial charge in [0.25, 0.3) is 10.0 Å². The average molecular weight is 445 g/mol. The molecule has 1 N–H and O–H groups in total. The smallest absolute Gasteiger partial charge is 0.264 e. The number of halogens is 2. The van der Waals surface area contributed by atoms with E-state index in [0.29, 0.717) is 11.6 Å². The zero-order valence-electron chi connectivity index (χ0n) is 15.8. The molecule has 6 nitrogen and oxygen atoms in total. The van der Waals surface area contributed by atoms with E-state index in [1.54, 1.807) is 25.1 Å². The number of carbonyl (C=O) groups excluding carboxylic acids is 1. The molecule has 0 aliphatic carbocycles. The summed E-state index contributed by atoms with van der Waals surface area (Å²) in [5.74, 6) is -0.490. The molecule has 0 saturated heterocycles. The van der Waals surface area contributed by atoms with Gasteiger partial charge in [0.05, 0.1) is 22.2 Å². The van der Waals surface area contributed by atoms with E-state index in [9.17, 15) is 13.2 Å². The van der Waals surface area contributed by atoms with E-state index in [2.05, 4.69) is 5.32 Å². The molecule has 2 rings (SSSR count). The second-order valence-electron chi connectivity index (χ2n) is 6.34. The van der Waals surface area contributed by atoms with Crippen molar-refractivity contribution in [2.45, 2.75) is 24.8 Å². The van der Waals surface area contributed by atoms with Crippen molar-refractivity contribution < 1.29 is 17.9 Å². The SMILES string of the molecule is COC[C@@H](C)NC(=O)CN(c1cc(Cl)ccc1Cl)S(=O)(=O)c1ccc(C)cc1. The normalized spacial score (nSPS) is 12.5. The molecule has 0 bridgehead atoms. The Morgan fingerprint density at radius 3 is 2.43 bits per heavy atom. The van der Waals surface area contributed by atoms with Crippen LogP contribution in [0.2, 0.25) is 10.0 Å². The van der Waals surface area contributed by atoms with Crippen LogP contribution < -0.4 is 9.62 Å². The third-order valence-corrected chi connectivity index (χ3v) is 6.23. The molecule has 2 aromatic rings. The van der Waals surface area contributed by atoms with Crippen LogP contribution in [-0.4, -0.2) is 40.6 Å². The number of hydrogen-bond donors (Lipinski definition) is 1. The second-order valence-corrected chi connectivity index (χ2v) is 9.05. The minimum atomic E-state index is -4.06. The van der Waals surface area contributed by atoms with Gasteiger partial charge in [-0.2, -0.15) is 0 Å². The van der Waals surface area contributed by atoms with Gasteiger partial charge in [0, 0.05) is 18.2 Å². The Labute approximate surface area is 175 Å². The molecule has 0 saturated carbocycles. The van der Waals surface area contributed by atoms with Crippen LogP contribution in [0.5, 0.6) is 0 Å². The minimum absolute atomic E-state index is 0.0480. The van der Waals surface area contributed by atoms with Crippen LogP contribution in [0.15, 0.2) is 47.4 Å². The van der Waals surface area contributed by atoms with Crippen molar-refractivity contribution in [1.29, 1.82) is 0 Å². The fraction of sp³-hybridized carbons (Fsp3) is 0.316.